The molecule has 122 valence electrons. The van der Waals surface area contributed by atoms with E-state index in [1.807, 2.05) is 19.1 Å². The Hall–Kier alpha value is -1.31. The quantitative estimate of drug-likeness (QED) is 0.919. The summed E-state index contributed by atoms with van der Waals surface area (Å²) in [5.41, 5.74) is 0. The number of hydrogen-bond donors (Lipinski definition) is 1. The molecule has 0 unspecified atom stereocenters. The summed E-state index contributed by atoms with van der Waals surface area (Å²) in [7, 11) is 0. The van der Waals surface area contributed by atoms with Gasteiger partial charge in [0, 0.05) is 12.6 Å². The van der Waals surface area contributed by atoms with Gasteiger partial charge in [0.25, 0.3) is 11.1 Å². The van der Waals surface area contributed by atoms with Crippen LogP contribution in [0.4, 0.5) is 0 Å². The summed E-state index contributed by atoms with van der Waals surface area (Å²) in [5.74, 6) is 1.49. The Morgan fingerprint density at radius 2 is 2.26 bits per heavy atom. The van der Waals surface area contributed by atoms with Crippen molar-refractivity contribution in [2.45, 2.75) is 35.2 Å². The Labute approximate surface area is 143 Å². The number of amides is 1. The summed E-state index contributed by atoms with van der Waals surface area (Å²) in [6.07, 6.45) is 4.12. The summed E-state index contributed by atoms with van der Waals surface area (Å²) < 4.78 is 6.48. The SMILES string of the molecule is Cc1cnc(Sc2ccc(C(=O)N[C@H]3CN4CCC3CC4)s2)o1. The molecule has 0 aromatic carbocycles. The van der Waals surface area contributed by atoms with Crippen molar-refractivity contribution in [1.29, 1.82) is 0 Å². The Morgan fingerprint density at radius 1 is 1.43 bits per heavy atom. The molecule has 0 spiro atoms. The van der Waals surface area contributed by atoms with Gasteiger partial charge in [-0.1, -0.05) is 0 Å². The fraction of sp³-hybridized carbons (Fsp3) is 0.500. The predicted molar refractivity (Wildman–Crippen MR) is 90.1 cm³/mol. The second-order valence-electron chi connectivity index (χ2n) is 6.18. The Balaban J connectivity index is 1.39. The molecule has 5 rings (SSSR count). The van der Waals surface area contributed by atoms with Gasteiger partial charge in [-0.05, 0) is 62.7 Å². The number of carbonyl (C=O) groups is 1. The third kappa shape index (κ3) is 3.32. The highest BCUT2D eigenvalue weighted by Gasteiger charge is 2.35. The van der Waals surface area contributed by atoms with Crippen LogP contribution in [0.2, 0.25) is 0 Å². The van der Waals surface area contributed by atoms with Crippen molar-refractivity contribution in [3.05, 3.63) is 29.0 Å². The first-order valence-electron chi connectivity index (χ1n) is 7.91. The average molecular weight is 349 g/mol. The molecule has 7 heteroatoms. The maximum absolute atomic E-state index is 12.5. The lowest BCUT2D eigenvalue weighted by Gasteiger charge is -2.44. The highest BCUT2D eigenvalue weighted by molar-refractivity contribution is 8.01. The van der Waals surface area contributed by atoms with Crippen molar-refractivity contribution in [1.82, 2.24) is 15.2 Å². The van der Waals surface area contributed by atoms with Crippen LogP contribution in [0.15, 0.2) is 32.2 Å². The number of nitrogens with one attached hydrogen (secondary N) is 1. The second kappa shape index (κ2) is 6.30. The minimum absolute atomic E-state index is 0.0455. The standard InChI is InChI=1S/C16H19N3O2S2/c1-10-8-17-16(21-10)23-14-3-2-13(22-14)15(20)18-12-9-19-6-4-11(12)5-7-19/h2-3,8,11-12H,4-7,9H2,1H3,(H,18,20)/t12-/m0/s1. The van der Waals surface area contributed by atoms with Crippen LogP contribution in [0.25, 0.3) is 0 Å². The zero-order chi connectivity index (χ0) is 15.8. The molecule has 0 radical (unpaired) electrons. The minimum atomic E-state index is 0.0455. The third-order valence-corrected chi connectivity index (χ3v) is 6.65. The molecule has 5 nitrogen and oxygen atoms in total. The van der Waals surface area contributed by atoms with E-state index in [-0.39, 0.29) is 5.91 Å². The fourth-order valence-electron chi connectivity index (χ4n) is 3.33. The molecule has 2 aromatic heterocycles. The monoisotopic (exact) mass is 349 g/mol. The lowest BCUT2D eigenvalue weighted by Crippen LogP contribution is -2.57. The van der Waals surface area contributed by atoms with E-state index < -0.39 is 0 Å². The van der Waals surface area contributed by atoms with Crippen LogP contribution < -0.4 is 5.32 Å². The van der Waals surface area contributed by atoms with Gasteiger partial charge in [-0.3, -0.25) is 4.79 Å². The molecular weight excluding hydrogens is 330 g/mol. The Morgan fingerprint density at radius 3 is 2.91 bits per heavy atom. The van der Waals surface area contributed by atoms with Crippen molar-refractivity contribution in [3.63, 3.8) is 0 Å². The number of thiophene rings is 1. The molecule has 2 aromatic rings. The maximum atomic E-state index is 12.5. The number of aryl methyl sites for hydroxylation is 1. The van der Waals surface area contributed by atoms with E-state index in [0.29, 0.717) is 17.2 Å². The molecule has 3 aliphatic heterocycles. The summed E-state index contributed by atoms with van der Waals surface area (Å²) in [5, 5.41) is 3.85. The van der Waals surface area contributed by atoms with Crippen LogP contribution in [0.5, 0.6) is 0 Å². The lowest BCUT2D eigenvalue weighted by molar-refractivity contribution is 0.0622. The second-order valence-corrected chi connectivity index (χ2v) is 8.51. The van der Waals surface area contributed by atoms with Crippen LogP contribution in [0.1, 0.15) is 28.3 Å². The van der Waals surface area contributed by atoms with Gasteiger partial charge < -0.3 is 14.6 Å². The molecule has 3 aliphatic rings. The largest absolute Gasteiger partial charge is 0.437 e. The molecular formula is C16H19N3O2S2. The van der Waals surface area contributed by atoms with Crippen LogP contribution in [-0.2, 0) is 0 Å². The van der Waals surface area contributed by atoms with E-state index in [9.17, 15) is 4.79 Å². The van der Waals surface area contributed by atoms with Gasteiger partial charge in [0.2, 0.25) is 0 Å². The number of carbonyl (C=O) groups excluding carboxylic acids is 1. The summed E-state index contributed by atoms with van der Waals surface area (Å²) in [6.45, 7) is 5.25. The number of rotatable bonds is 4. The summed E-state index contributed by atoms with van der Waals surface area (Å²) in [6, 6.07) is 4.15. The van der Waals surface area contributed by atoms with Gasteiger partial charge in [0.05, 0.1) is 15.3 Å². The smallest absolute Gasteiger partial charge is 0.261 e. The van der Waals surface area contributed by atoms with E-state index in [2.05, 4.69) is 15.2 Å². The van der Waals surface area contributed by atoms with Crippen molar-refractivity contribution < 1.29 is 9.21 Å². The zero-order valence-corrected chi connectivity index (χ0v) is 14.6. The van der Waals surface area contributed by atoms with Gasteiger partial charge >= 0.3 is 0 Å². The van der Waals surface area contributed by atoms with Crippen molar-refractivity contribution >= 4 is 29.0 Å². The molecule has 1 amide bonds. The van der Waals surface area contributed by atoms with Crippen LogP contribution in [-0.4, -0.2) is 41.5 Å². The molecule has 23 heavy (non-hydrogen) atoms. The Kier molecular flexibility index (Phi) is 4.17. The number of fused-ring (bicyclic) bond motifs is 3. The number of piperidine rings is 3. The van der Waals surface area contributed by atoms with Crippen LogP contribution >= 0.6 is 23.1 Å². The van der Waals surface area contributed by atoms with Crippen molar-refractivity contribution in [2.24, 2.45) is 5.92 Å². The average Bonchev–Trinajstić information content (AvgIpc) is 3.18. The van der Waals surface area contributed by atoms with Gasteiger partial charge in [-0.25, -0.2) is 4.98 Å². The molecule has 0 saturated carbocycles. The molecule has 3 saturated heterocycles. The normalized spacial score (nSPS) is 26.4. The third-order valence-electron chi connectivity index (χ3n) is 4.57. The first-order chi connectivity index (χ1) is 11.2. The molecule has 1 atom stereocenters. The van der Waals surface area contributed by atoms with E-state index in [1.165, 1.54) is 49.0 Å². The molecule has 5 heterocycles. The topological polar surface area (TPSA) is 58.4 Å². The Bertz CT molecular complexity index is 704. The van der Waals surface area contributed by atoms with Gasteiger partial charge in [-0.2, -0.15) is 0 Å². The molecule has 0 aliphatic carbocycles. The number of nitrogens with zero attached hydrogens (tertiary/aromatic N) is 2. The summed E-state index contributed by atoms with van der Waals surface area (Å²) >= 11 is 2.95. The van der Waals surface area contributed by atoms with E-state index in [0.717, 1.165) is 21.4 Å². The molecule has 2 bridgehead atoms. The lowest BCUT2D eigenvalue weighted by atomic mass is 9.84. The zero-order valence-electron chi connectivity index (χ0n) is 12.9. The van der Waals surface area contributed by atoms with Crippen LogP contribution in [0.3, 0.4) is 0 Å². The minimum Gasteiger partial charge on any atom is -0.437 e. The first-order valence-corrected chi connectivity index (χ1v) is 9.54. The van der Waals surface area contributed by atoms with Gasteiger partial charge in [0.15, 0.2) is 0 Å². The molecule has 3 fully saturated rings. The molecule has 1 N–H and O–H groups in total. The first kappa shape index (κ1) is 15.2. The maximum Gasteiger partial charge on any atom is 0.261 e. The van der Waals surface area contributed by atoms with Crippen LogP contribution in [0, 0.1) is 12.8 Å². The highest BCUT2D eigenvalue weighted by atomic mass is 32.2. The van der Waals surface area contributed by atoms with E-state index >= 15 is 0 Å². The van der Waals surface area contributed by atoms with E-state index in [4.69, 9.17) is 4.42 Å². The van der Waals surface area contributed by atoms with Gasteiger partial charge in [0.1, 0.15) is 5.76 Å². The number of aromatic nitrogens is 1. The summed E-state index contributed by atoms with van der Waals surface area (Å²) in [4.78, 5) is 19.9. The number of hydrogen-bond acceptors (Lipinski definition) is 6. The predicted octanol–water partition coefficient (Wildman–Crippen LogP) is 3.02. The highest BCUT2D eigenvalue weighted by Crippen LogP contribution is 2.33. The van der Waals surface area contributed by atoms with Crippen molar-refractivity contribution in [2.75, 3.05) is 19.6 Å². The number of oxazole rings is 1. The van der Waals surface area contributed by atoms with E-state index in [1.54, 1.807) is 6.20 Å². The van der Waals surface area contributed by atoms with Crippen molar-refractivity contribution in [3.8, 4) is 0 Å². The fourth-order valence-corrected chi connectivity index (χ4v) is 5.21. The van der Waals surface area contributed by atoms with Gasteiger partial charge in [-0.15, -0.1) is 11.3 Å².